The molecule has 0 unspecified atom stereocenters. The highest BCUT2D eigenvalue weighted by Gasteiger charge is 2.25. The summed E-state index contributed by atoms with van der Waals surface area (Å²) in [5, 5.41) is 1.19. The molecule has 1 amide bonds. The van der Waals surface area contributed by atoms with Crippen LogP contribution in [0.1, 0.15) is 18.4 Å². The summed E-state index contributed by atoms with van der Waals surface area (Å²) < 4.78 is 13.4. The fourth-order valence-corrected chi connectivity index (χ4v) is 4.58. The van der Waals surface area contributed by atoms with Gasteiger partial charge in [0, 0.05) is 44.8 Å². The molecule has 4 nitrogen and oxygen atoms in total. The third-order valence-corrected chi connectivity index (χ3v) is 6.56. The Balaban J connectivity index is 1.23. The van der Waals surface area contributed by atoms with Gasteiger partial charge in [-0.05, 0) is 55.3 Å². The van der Waals surface area contributed by atoms with Crippen LogP contribution in [0.15, 0.2) is 36.4 Å². The second kappa shape index (κ2) is 8.90. The van der Waals surface area contributed by atoms with Crippen LogP contribution in [0.2, 0.25) is 10.0 Å². The number of piperazine rings is 1. The number of rotatable bonds is 5. The molecule has 29 heavy (non-hydrogen) atoms. The molecule has 154 valence electrons. The molecule has 0 radical (unpaired) electrons. The molecule has 0 spiro atoms. The number of anilines is 2. The van der Waals surface area contributed by atoms with Crippen molar-refractivity contribution in [2.75, 3.05) is 49.1 Å². The maximum Gasteiger partial charge on any atom is 0.227 e. The second-order valence-corrected chi connectivity index (χ2v) is 8.36. The molecular weight excluding hydrogens is 412 g/mol. The summed E-state index contributed by atoms with van der Waals surface area (Å²) >= 11 is 12.5. The fourth-order valence-electron chi connectivity index (χ4n) is 4.17. The number of hydrogen-bond donors (Lipinski definition) is 0. The summed E-state index contributed by atoms with van der Waals surface area (Å²) in [5.74, 6) is -0.115. The molecule has 2 aromatic rings. The van der Waals surface area contributed by atoms with Crippen LogP contribution in [0.5, 0.6) is 0 Å². The number of fused-ring (bicyclic) bond motifs is 1. The van der Waals surface area contributed by atoms with Crippen LogP contribution in [-0.4, -0.2) is 50.1 Å². The summed E-state index contributed by atoms with van der Waals surface area (Å²) in [6.45, 7) is 5.19. The maximum absolute atomic E-state index is 13.4. The van der Waals surface area contributed by atoms with Gasteiger partial charge in [-0.25, -0.2) is 4.39 Å². The van der Waals surface area contributed by atoms with E-state index in [-0.39, 0.29) is 11.7 Å². The van der Waals surface area contributed by atoms with Crippen LogP contribution in [-0.2, 0) is 11.2 Å². The minimum atomic E-state index is -0.240. The largest absolute Gasteiger partial charge is 0.368 e. The van der Waals surface area contributed by atoms with Gasteiger partial charge in [0.25, 0.3) is 0 Å². The minimum Gasteiger partial charge on any atom is -0.368 e. The predicted molar refractivity (Wildman–Crippen MR) is 117 cm³/mol. The quantitative estimate of drug-likeness (QED) is 0.684. The van der Waals surface area contributed by atoms with Gasteiger partial charge in [0.15, 0.2) is 0 Å². The van der Waals surface area contributed by atoms with E-state index in [1.807, 2.05) is 12.1 Å². The van der Waals surface area contributed by atoms with Crippen molar-refractivity contribution in [1.29, 1.82) is 0 Å². The molecule has 0 saturated carbocycles. The zero-order valence-corrected chi connectivity index (χ0v) is 17.7. The van der Waals surface area contributed by atoms with E-state index in [9.17, 15) is 9.18 Å². The van der Waals surface area contributed by atoms with E-state index in [0.29, 0.717) is 23.0 Å². The Morgan fingerprint density at radius 2 is 1.79 bits per heavy atom. The second-order valence-electron chi connectivity index (χ2n) is 7.57. The molecule has 4 rings (SSSR count). The van der Waals surface area contributed by atoms with Crippen LogP contribution in [0.3, 0.4) is 0 Å². The van der Waals surface area contributed by atoms with Gasteiger partial charge in [0.2, 0.25) is 5.91 Å². The third kappa shape index (κ3) is 4.52. The van der Waals surface area contributed by atoms with E-state index in [2.05, 4.69) is 9.80 Å². The van der Waals surface area contributed by atoms with E-state index in [0.717, 1.165) is 62.5 Å². The van der Waals surface area contributed by atoms with Gasteiger partial charge >= 0.3 is 0 Å². The van der Waals surface area contributed by atoms with E-state index >= 15 is 0 Å². The third-order valence-electron chi connectivity index (χ3n) is 5.75. The summed E-state index contributed by atoms with van der Waals surface area (Å²) in [7, 11) is 0. The summed E-state index contributed by atoms with van der Waals surface area (Å²) in [6, 6.07) is 10.4. The van der Waals surface area contributed by atoms with E-state index in [1.54, 1.807) is 17.0 Å². The molecule has 0 aromatic heterocycles. The van der Waals surface area contributed by atoms with Gasteiger partial charge in [0.05, 0.1) is 15.7 Å². The Morgan fingerprint density at radius 1 is 1.00 bits per heavy atom. The van der Waals surface area contributed by atoms with Gasteiger partial charge < -0.3 is 9.80 Å². The number of halogens is 3. The molecule has 2 aromatic carbocycles. The van der Waals surface area contributed by atoms with Crippen molar-refractivity contribution in [3.8, 4) is 0 Å². The van der Waals surface area contributed by atoms with Crippen molar-refractivity contribution in [2.24, 2.45) is 0 Å². The van der Waals surface area contributed by atoms with Gasteiger partial charge in [-0.1, -0.05) is 29.3 Å². The minimum absolute atomic E-state index is 0.125. The van der Waals surface area contributed by atoms with Crippen molar-refractivity contribution in [3.05, 3.63) is 57.8 Å². The first kappa shape index (κ1) is 20.5. The molecule has 1 saturated heterocycles. The molecule has 2 aliphatic heterocycles. The lowest BCUT2D eigenvalue weighted by atomic mass is 10.1. The zero-order valence-electron chi connectivity index (χ0n) is 16.2. The highest BCUT2D eigenvalue weighted by molar-refractivity contribution is 6.43. The maximum atomic E-state index is 13.4. The average Bonchev–Trinajstić information content (AvgIpc) is 3.14. The Hall–Kier alpha value is -1.82. The summed E-state index contributed by atoms with van der Waals surface area (Å²) in [4.78, 5) is 19.1. The molecule has 7 heteroatoms. The van der Waals surface area contributed by atoms with Gasteiger partial charge in [0.1, 0.15) is 5.82 Å². The molecule has 0 bridgehead atoms. The smallest absolute Gasteiger partial charge is 0.227 e. The first-order chi connectivity index (χ1) is 14.0. The van der Waals surface area contributed by atoms with Crippen molar-refractivity contribution < 1.29 is 9.18 Å². The van der Waals surface area contributed by atoms with Crippen LogP contribution in [0, 0.1) is 5.82 Å². The van der Waals surface area contributed by atoms with Crippen molar-refractivity contribution in [3.63, 3.8) is 0 Å². The summed E-state index contributed by atoms with van der Waals surface area (Å²) in [5.41, 5.74) is 2.77. The van der Waals surface area contributed by atoms with E-state index in [4.69, 9.17) is 23.2 Å². The van der Waals surface area contributed by atoms with Gasteiger partial charge in [-0.2, -0.15) is 0 Å². The lowest BCUT2D eigenvalue weighted by molar-refractivity contribution is -0.118. The highest BCUT2D eigenvalue weighted by Crippen LogP contribution is 2.33. The van der Waals surface area contributed by atoms with Gasteiger partial charge in [-0.3, -0.25) is 9.69 Å². The van der Waals surface area contributed by atoms with Crippen LogP contribution >= 0.6 is 23.2 Å². The number of benzene rings is 2. The number of nitrogens with zero attached hydrogens (tertiary/aromatic N) is 3. The molecule has 0 aliphatic carbocycles. The normalized spacial score (nSPS) is 16.9. The van der Waals surface area contributed by atoms with E-state index < -0.39 is 0 Å². The lowest BCUT2D eigenvalue weighted by Gasteiger charge is -2.36. The molecular formula is C22H24Cl2FN3O. The van der Waals surface area contributed by atoms with Crippen LogP contribution < -0.4 is 9.80 Å². The lowest BCUT2D eigenvalue weighted by Crippen LogP contribution is -2.46. The zero-order chi connectivity index (χ0) is 20.4. The highest BCUT2D eigenvalue weighted by atomic mass is 35.5. The fraction of sp³-hybridized carbons (Fsp3) is 0.409. The number of hydrogen-bond acceptors (Lipinski definition) is 3. The van der Waals surface area contributed by atoms with Gasteiger partial charge in [-0.15, -0.1) is 0 Å². The standard InChI is InChI=1S/C22H24Cl2FN3O/c23-18-3-1-4-20(22(18)24)27-13-11-26(12-14-27)9-2-5-21(29)28-10-8-16-15-17(25)6-7-19(16)28/h1,3-4,6-7,15H,2,5,8-14H2. The van der Waals surface area contributed by atoms with Crippen molar-refractivity contribution >= 4 is 40.5 Å². The average molecular weight is 436 g/mol. The topological polar surface area (TPSA) is 26.8 Å². The predicted octanol–water partition coefficient (Wildman–Crippen LogP) is 4.62. The molecule has 2 heterocycles. The SMILES string of the molecule is O=C(CCCN1CCN(c2cccc(Cl)c2Cl)CC1)N1CCc2cc(F)ccc21. The van der Waals surface area contributed by atoms with E-state index in [1.165, 1.54) is 12.1 Å². The first-order valence-corrected chi connectivity index (χ1v) is 10.8. The van der Waals surface area contributed by atoms with Crippen molar-refractivity contribution in [1.82, 2.24) is 4.90 Å². The molecule has 2 aliphatic rings. The Bertz CT molecular complexity index is 900. The Morgan fingerprint density at radius 3 is 2.59 bits per heavy atom. The van der Waals surface area contributed by atoms with Crippen LogP contribution in [0.4, 0.5) is 15.8 Å². The number of carbonyl (C=O) groups excluding carboxylic acids is 1. The molecule has 0 N–H and O–H groups in total. The molecule has 1 fully saturated rings. The Kier molecular flexibility index (Phi) is 6.28. The monoisotopic (exact) mass is 435 g/mol. The first-order valence-electron chi connectivity index (χ1n) is 10.0. The number of carbonyl (C=O) groups is 1. The van der Waals surface area contributed by atoms with Crippen LogP contribution in [0.25, 0.3) is 0 Å². The van der Waals surface area contributed by atoms with Crippen molar-refractivity contribution in [2.45, 2.75) is 19.3 Å². The number of amides is 1. The molecule has 0 atom stereocenters. The Labute approximate surface area is 180 Å². The summed E-state index contributed by atoms with van der Waals surface area (Å²) in [6.07, 6.45) is 2.06.